The van der Waals surface area contributed by atoms with Crippen molar-refractivity contribution < 1.29 is 18.0 Å². The summed E-state index contributed by atoms with van der Waals surface area (Å²) in [6, 6.07) is 15.1. The summed E-state index contributed by atoms with van der Waals surface area (Å²) in [5.74, 6) is -0.766. The van der Waals surface area contributed by atoms with Crippen LogP contribution in [0.2, 0.25) is 0 Å². The second-order valence-electron chi connectivity index (χ2n) is 7.59. The third-order valence-electron chi connectivity index (χ3n) is 4.59. The highest BCUT2D eigenvalue weighted by Crippen LogP contribution is 2.21. The van der Waals surface area contributed by atoms with Crippen LogP contribution in [0.15, 0.2) is 59.1 Å². The number of anilines is 1. The predicted molar refractivity (Wildman–Crippen MR) is 126 cm³/mol. The number of halogens is 1. The van der Waals surface area contributed by atoms with Crippen molar-refractivity contribution in [3.63, 3.8) is 0 Å². The average Bonchev–Trinajstić information content (AvgIpc) is 2.70. The van der Waals surface area contributed by atoms with Gasteiger partial charge in [-0.1, -0.05) is 46.3 Å². The summed E-state index contributed by atoms with van der Waals surface area (Å²) in [6.07, 6.45) is 1.05. The summed E-state index contributed by atoms with van der Waals surface area (Å²) in [5, 5.41) is 2.82. The van der Waals surface area contributed by atoms with Crippen molar-refractivity contribution in [1.82, 2.24) is 10.2 Å². The average molecular weight is 510 g/mol. The molecule has 2 aromatic carbocycles. The molecule has 0 radical (unpaired) electrons. The molecule has 31 heavy (non-hydrogen) atoms. The van der Waals surface area contributed by atoms with E-state index in [1.165, 1.54) is 4.90 Å². The van der Waals surface area contributed by atoms with E-state index in [0.29, 0.717) is 5.69 Å². The van der Waals surface area contributed by atoms with Crippen LogP contribution in [0.5, 0.6) is 0 Å². The summed E-state index contributed by atoms with van der Waals surface area (Å²) in [5.41, 5.74) is 1.22. The lowest BCUT2D eigenvalue weighted by Crippen LogP contribution is -2.52. The van der Waals surface area contributed by atoms with Crippen LogP contribution in [0.3, 0.4) is 0 Å². The number of rotatable bonds is 9. The van der Waals surface area contributed by atoms with Crippen molar-refractivity contribution in [3.05, 3.63) is 64.6 Å². The van der Waals surface area contributed by atoms with Gasteiger partial charge in [0.15, 0.2) is 0 Å². The summed E-state index contributed by atoms with van der Waals surface area (Å²) >= 11 is 3.32. The fraction of sp³-hybridized carbons (Fsp3) is 0.364. The molecule has 0 aliphatic heterocycles. The lowest BCUT2D eigenvalue weighted by atomic mass is 10.1. The van der Waals surface area contributed by atoms with Crippen LogP contribution >= 0.6 is 15.9 Å². The van der Waals surface area contributed by atoms with Gasteiger partial charge in [0.1, 0.15) is 12.6 Å². The molecule has 2 aromatic rings. The molecule has 0 spiro atoms. The van der Waals surface area contributed by atoms with Gasteiger partial charge in [0, 0.05) is 17.1 Å². The highest BCUT2D eigenvalue weighted by Gasteiger charge is 2.30. The van der Waals surface area contributed by atoms with Crippen molar-refractivity contribution in [3.8, 4) is 0 Å². The molecule has 1 atom stereocenters. The summed E-state index contributed by atoms with van der Waals surface area (Å²) in [4.78, 5) is 27.4. The Balaban J connectivity index is 2.35. The van der Waals surface area contributed by atoms with Gasteiger partial charge in [-0.25, -0.2) is 8.42 Å². The molecule has 7 nitrogen and oxygen atoms in total. The second kappa shape index (κ2) is 10.8. The maximum Gasteiger partial charge on any atom is 0.244 e. The van der Waals surface area contributed by atoms with Gasteiger partial charge in [-0.3, -0.25) is 13.9 Å². The molecule has 2 amide bonds. The SMILES string of the molecule is CC(C)NC(=O)C(C)N(Cc1ccccc1)C(=O)CN(c1ccc(Br)cc1)S(C)(=O)=O. The molecule has 0 heterocycles. The molecule has 2 rings (SSSR count). The zero-order valence-corrected chi connectivity index (χ0v) is 20.5. The quantitative estimate of drug-likeness (QED) is 0.562. The minimum Gasteiger partial charge on any atom is -0.352 e. The van der Waals surface area contributed by atoms with E-state index in [0.717, 1.165) is 20.6 Å². The zero-order valence-electron chi connectivity index (χ0n) is 18.1. The predicted octanol–water partition coefficient (Wildman–Crippen LogP) is 3.16. The Morgan fingerprint density at radius 3 is 2.10 bits per heavy atom. The van der Waals surface area contributed by atoms with E-state index in [1.54, 1.807) is 31.2 Å². The summed E-state index contributed by atoms with van der Waals surface area (Å²) < 4.78 is 26.7. The van der Waals surface area contributed by atoms with Crippen molar-refractivity contribution >= 4 is 43.5 Å². The van der Waals surface area contributed by atoms with Gasteiger partial charge in [-0.2, -0.15) is 0 Å². The number of hydrogen-bond acceptors (Lipinski definition) is 4. The normalized spacial score (nSPS) is 12.3. The second-order valence-corrected chi connectivity index (χ2v) is 10.4. The Kier molecular flexibility index (Phi) is 8.64. The van der Waals surface area contributed by atoms with Crippen LogP contribution in [-0.4, -0.2) is 50.0 Å². The van der Waals surface area contributed by atoms with E-state index in [9.17, 15) is 18.0 Å². The van der Waals surface area contributed by atoms with Crippen LogP contribution in [0.4, 0.5) is 5.69 Å². The smallest absolute Gasteiger partial charge is 0.244 e. The number of amides is 2. The van der Waals surface area contributed by atoms with Gasteiger partial charge in [0.25, 0.3) is 0 Å². The third-order valence-corrected chi connectivity index (χ3v) is 6.26. The fourth-order valence-corrected chi connectivity index (χ4v) is 4.10. The number of nitrogens with zero attached hydrogens (tertiary/aromatic N) is 2. The number of carbonyl (C=O) groups excluding carboxylic acids is 2. The van der Waals surface area contributed by atoms with Crippen molar-refractivity contribution in [2.75, 3.05) is 17.1 Å². The number of hydrogen-bond donors (Lipinski definition) is 1. The van der Waals surface area contributed by atoms with Gasteiger partial charge >= 0.3 is 0 Å². The lowest BCUT2D eigenvalue weighted by Gasteiger charge is -2.31. The highest BCUT2D eigenvalue weighted by molar-refractivity contribution is 9.10. The topological polar surface area (TPSA) is 86.8 Å². The Bertz CT molecular complexity index is 995. The maximum absolute atomic E-state index is 13.3. The monoisotopic (exact) mass is 509 g/mol. The first-order chi connectivity index (χ1) is 14.5. The van der Waals surface area contributed by atoms with Crippen LogP contribution in [0.1, 0.15) is 26.3 Å². The molecular formula is C22H28BrN3O4S. The Labute approximate surface area is 192 Å². The van der Waals surface area contributed by atoms with E-state index < -0.39 is 28.5 Å². The van der Waals surface area contributed by atoms with Gasteiger partial charge in [0.05, 0.1) is 11.9 Å². The van der Waals surface area contributed by atoms with E-state index in [4.69, 9.17) is 0 Å². The van der Waals surface area contributed by atoms with Crippen molar-refractivity contribution in [2.24, 2.45) is 0 Å². The molecule has 0 aliphatic rings. The van der Waals surface area contributed by atoms with Crippen LogP contribution in [-0.2, 0) is 26.2 Å². The number of benzene rings is 2. The first-order valence-corrected chi connectivity index (χ1v) is 12.5. The zero-order chi connectivity index (χ0) is 23.2. The van der Waals surface area contributed by atoms with Crippen LogP contribution in [0, 0.1) is 0 Å². The fourth-order valence-electron chi connectivity index (χ4n) is 2.99. The maximum atomic E-state index is 13.3. The number of sulfonamides is 1. The highest BCUT2D eigenvalue weighted by atomic mass is 79.9. The van der Waals surface area contributed by atoms with Crippen molar-refractivity contribution in [1.29, 1.82) is 0 Å². The number of nitrogens with one attached hydrogen (secondary N) is 1. The molecule has 0 saturated heterocycles. The molecule has 9 heteroatoms. The Morgan fingerprint density at radius 2 is 1.58 bits per heavy atom. The van der Waals surface area contributed by atoms with E-state index in [2.05, 4.69) is 21.2 Å². The van der Waals surface area contributed by atoms with Gasteiger partial charge < -0.3 is 10.2 Å². The van der Waals surface area contributed by atoms with Gasteiger partial charge in [0.2, 0.25) is 21.8 Å². The molecule has 0 bridgehead atoms. The Morgan fingerprint density at radius 1 is 1.00 bits per heavy atom. The van der Waals surface area contributed by atoms with Crippen LogP contribution < -0.4 is 9.62 Å². The van der Waals surface area contributed by atoms with Gasteiger partial charge in [-0.05, 0) is 50.6 Å². The third kappa shape index (κ3) is 7.36. The molecule has 1 unspecified atom stereocenters. The van der Waals surface area contributed by atoms with E-state index in [1.807, 2.05) is 44.2 Å². The molecule has 0 aliphatic carbocycles. The largest absolute Gasteiger partial charge is 0.352 e. The molecular weight excluding hydrogens is 482 g/mol. The minimum absolute atomic E-state index is 0.0843. The van der Waals surface area contributed by atoms with Gasteiger partial charge in [-0.15, -0.1) is 0 Å². The van der Waals surface area contributed by atoms with E-state index in [-0.39, 0.29) is 18.5 Å². The first-order valence-electron chi connectivity index (χ1n) is 9.86. The summed E-state index contributed by atoms with van der Waals surface area (Å²) in [6.45, 7) is 5.10. The minimum atomic E-state index is -3.73. The van der Waals surface area contributed by atoms with Crippen molar-refractivity contribution in [2.45, 2.75) is 39.4 Å². The van der Waals surface area contributed by atoms with E-state index >= 15 is 0 Å². The molecule has 0 aromatic heterocycles. The lowest BCUT2D eigenvalue weighted by molar-refractivity contribution is -0.139. The Hall–Kier alpha value is -2.39. The molecule has 0 fully saturated rings. The standard InChI is InChI=1S/C22H28BrN3O4S/c1-16(2)24-22(28)17(3)25(14-18-8-6-5-7-9-18)21(27)15-26(31(4,29)30)20-12-10-19(23)11-13-20/h5-13,16-17H,14-15H2,1-4H3,(H,24,28). The number of carbonyl (C=O) groups is 2. The van der Waals surface area contributed by atoms with Crippen LogP contribution in [0.25, 0.3) is 0 Å². The molecule has 168 valence electrons. The summed E-state index contributed by atoms with van der Waals surface area (Å²) in [7, 11) is -3.73. The first kappa shape index (κ1) is 24.9. The molecule has 0 saturated carbocycles. The molecule has 1 N–H and O–H groups in total.